The molecular weight excluding hydrogens is 468 g/mol. The van der Waals surface area contributed by atoms with Crippen LogP contribution in [-0.2, 0) is 9.53 Å². The highest BCUT2D eigenvalue weighted by Crippen LogP contribution is 2.48. The predicted molar refractivity (Wildman–Crippen MR) is 134 cm³/mol. The molecule has 3 fully saturated rings. The minimum Gasteiger partial charge on any atom is -0.469 e. The molecule has 1 saturated carbocycles. The Hall–Kier alpha value is -2.65. The van der Waals surface area contributed by atoms with Crippen molar-refractivity contribution in [2.45, 2.75) is 30.9 Å². The fraction of sp³-hybridized carbons (Fsp3) is 0.462. The maximum atomic E-state index is 12.7. The number of hydrogen-bond donors (Lipinski definition) is 2. The number of aliphatic hydroxyl groups is 1. The number of aromatic nitrogens is 1. The number of carbonyl (C=O) groups is 1. The van der Waals surface area contributed by atoms with Gasteiger partial charge in [0.15, 0.2) is 0 Å². The minimum atomic E-state index is -0.468. The van der Waals surface area contributed by atoms with E-state index in [0.29, 0.717) is 24.1 Å². The van der Waals surface area contributed by atoms with E-state index in [0.717, 1.165) is 54.8 Å². The molecule has 2 aliphatic heterocycles. The number of pyridine rings is 1. The quantitative estimate of drug-likeness (QED) is 0.558. The first-order valence-corrected chi connectivity index (χ1v) is 12.5. The third-order valence-electron chi connectivity index (χ3n) is 7.81. The number of nitrogens with one attached hydrogen (secondary N) is 1. The Morgan fingerprint density at radius 1 is 1.23 bits per heavy atom. The van der Waals surface area contributed by atoms with Crippen LogP contribution in [0.1, 0.15) is 25.0 Å². The number of hydrogen-bond acceptors (Lipinski definition) is 7. The van der Waals surface area contributed by atoms with Crippen molar-refractivity contribution in [1.82, 2.24) is 9.88 Å². The lowest BCUT2D eigenvalue weighted by Gasteiger charge is -2.45. The molecule has 6 rings (SSSR count). The van der Waals surface area contributed by atoms with Gasteiger partial charge in [0.25, 0.3) is 0 Å². The number of benzene rings is 1. The number of rotatable bonds is 5. The van der Waals surface area contributed by atoms with Crippen LogP contribution in [0.25, 0.3) is 10.8 Å². The molecule has 9 heteroatoms. The molecule has 2 N–H and O–H groups in total. The van der Waals surface area contributed by atoms with Gasteiger partial charge in [0.2, 0.25) is 5.91 Å². The summed E-state index contributed by atoms with van der Waals surface area (Å²) in [6.45, 7) is 6.27. The van der Waals surface area contributed by atoms with Crippen LogP contribution in [0.15, 0.2) is 47.2 Å². The van der Waals surface area contributed by atoms with Crippen molar-refractivity contribution in [1.29, 1.82) is 0 Å². The molecule has 1 aliphatic carbocycles. The van der Waals surface area contributed by atoms with E-state index in [9.17, 15) is 9.90 Å². The van der Waals surface area contributed by atoms with Crippen molar-refractivity contribution in [2.75, 3.05) is 49.6 Å². The van der Waals surface area contributed by atoms with E-state index in [2.05, 4.69) is 33.1 Å². The van der Waals surface area contributed by atoms with E-state index in [1.54, 1.807) is 12.5 Å². The molecule has 35 heavy (non-hydrogen) atoms. The second-order valence-corrected chi connectivity index (χ2v) is 10.4. The average Bonchev–Trinajstić information content (AvgIpc) is 3.32. The number of nitrogens with zero attached hydrogens (tertiary/aromatic N) is 3. The lowest BCUT2D eigenvalue weighted by atomic mass is 9.95. The van der Waals surface area contributed by atoms with Crippen molar-refractivity contribution in [2.24, 2.45) is 5.92 Å². The monoisotopic (exact) mass is 496 g/mol. The summed E-state index contributed by atoms with van der Waals surface area (Å²) in [5, 5.41) is 15.9. The lowest BCUT2D eigenvalue weighted by molar-refractivity contribution is -0.117. The van der Waals surface area contributed by atoms with Crippen LogP contribution < -0.4 is 10.2 Å². The van der Waals surface area contributed by atoms with Crippen molar-refractivity contribution >= 4 is 39.8 Å². The molecule has 0 radical (unpaired) electrons. The summed E-state index contributed by atoms with van der Waals surface area (Å²) in [6, 6.07) is 9.68. The summed E-state index contributed by atoms with van der Waals surface area (Å²) in [5.74, 6) is 1.43. The van der Waals surface area contributed by atoms with Gasteiger partial charge in [-0.05, 0) is 49.1 Å². The largest absolute Gasteiger partial charge is 0.469 e. The number of halogens is 1. The van der Waals surface area contributed by atoms with Gasteiger partial charge in [-0.15, -0.1) is 0 Å². The van der Waals surface area contributed by atoms with Crippen molar-refractivity contribution < 1.29 is 19.1 Å². The molecule has 8 nitrogen and oxygen atoms in total. The molecule has 1 amide bonds. The number of piperazine rings is 1. The van der Waals surface area contributed by atoms with E-state index in [-0.39, 0.29) is 23.3 Å². The summed E-state index contributed by atoms with van der Waals surface area (Å²) < 4.78 is 11.0. The number of furan rings is 1. The van der Waals surface area contributed by atoms with Crippen LogP contribution in [0.2, 0.25) is 5.02 Å². The van der Waals surface area contributed by atoms with Gasteiger partial charge in [-0.2, -0.15) is 0 Å². The highest BCUT2D eigenvalue weighted by Gasteiger charge is 2.46. The van der Waals surface area contributed by atoms with Crippen LogP contribution in [0.5, 0.6) is 0 Å². The lowest BCUT2D eigenvalue weighted by Crippen LogP contribution is -2.60. The molecule has 3 aromatic rings. The first kappa shape index (κ1) is 22.8. The van der Waals surface area contributed by atoms with Crippen LogP contribution in [0.4, 0.5) is 11.5 Å². The van der Waals surface area contributed by atoms with Gasteiger partial charge in [-0.25, -0.2) is 4.98 Å². The first-order chi connectivity index (χ1) is 16.9. The van der Waals surface area contributed by atoms with Crippen molar-refractivity contribution in [3.63, 3.8) is 0 Å². The van der Waals surface area contributed by atoms with Crippen LogP contribution in [0.3, 0.4) is 0 Å². The second-order valence-electron chi connectivity index (χ2n) is 10.0. The first-order valence-electron chi connectivity index (χ1n) is 12.1. The third kappa shape index (κ3) is 4.18. The normalized spacial score (nSPS) is 29.0. The number of amides is 1. The topological polar surface area (TPSA) is 91.1 Å². The van der Waals surface area contributed by atoms with Crippen molar-refractivity contribution in [3.8, 4) is 0 Å². The van der Waals surface area contributed by atoms with Gasteiger partial charge in [0.1, 0.15) is 11.6 Å². The van der Waals surface area contributed by atoms with Crippen LogP contribution in [-0.4, -0.2) is 71.9 Å². The van der Waals surface area contributed by atoms with Crippen molar-refractivity contribution in [3.05, 3.63) is 53.6 Å². The average molecular weight is 497 g/mol. The molecule has 1 aromatic carbocycles. The highest BCUT2D eigenvalue weighted by molar-refractivity contribution is 6.34. The Kier molecular flexibility index (Phi) is 5.72. The third-order valence-corrected chi connectivity index (χ3v) is 8.11. The van der Waals surface area contributed by atoms with E-state index in [4.69, 9.17) is 20.8 Å². The smallest absolute Gasteiger partial charge is 0.229 e. The zero-order valence-corrected chi connectivity index (χ0v) is 20.4. The molecule has 2 saturated heterocycles. The van der Waals surface area contributed by atoms with Gasteiger partial charge >= 0.3 is 0 Å². The summed E-state index contributed by atoms with van der Waals surface area (Å²) in [6.07, 6.45) is 3.71. The van der Waals surface area contributed by atoms with E-state index in [1.165, 1.54) is 0 Å². The number of carbonyl (C=O) groups excluding carboxylic acids is 1. The Balaban J connectivity index is 1.15. The molecule has 0 unspecified atom stereocenters. The summed E-state index contributed by atoms with van der Waals surface area (Å²) in [4.78, 5) is 21.7. The molecular formula is C26H29ClN4O4. The second kappa shape index (κ2) is 8.78. The van der Waals surface area contributed by atoms with Gasteiger partial charge in [-0.3, -0.25) is 9.69 Å². The summed E-state index contributed by atoms with van der Waals surface area (Å²) in [7, 11) is 0. The van der Waals surface area contributed by atoms with E-state index in [1.807, 2.05) is 24.3 Å². The minimum absolute atomic E-state index is 0.0323. The Morgan fingerprint density at radius 2 is 2.06 bits per heavy atom. The number of aliphatic hydroxyl groups excluding tert-OH is 1. The fourth-order valence-corrected chi connectivity index (χ4v) is 5.69. The molecule has 2 aromatic heterocycles. The van der Waals surface area contributed by atoms with E-state index < -0.39 is 6.10 Å². The SMILES string of the molecule is C[C@@]1(N2CCN(c3cc4cc(NC(=O)[C@@H]5C[C@H]5c5ccco5)ncc4cc3Cl)CC2)COC[C@@H]1O. The number of fused-ring (bicyclic) bond motifs is 1. The number of anilines is 2. The number of ether oxygens (including phenoxy) is 1. The Morgan fingerprint density at radius 3 is 2.77 bits per heavy atom. The molecule has 3 aliphatic rings. The van der Waals surface area contributed by atoms with Gasteiger partial charge in [-0.1, -0.05) is 11.6 Å². The predicted octanol–water partition coefficient (Wildman–Crippen LogP) is 3.50. The molecule has 0 bridgehead atoms. The van der Waals surface area contributed by atoms with Crippen LogP contribution in [0, 0.1) is 5.92 Å². The standard InChI is InChI=1S/C26H29ClN4O4/c1-26(15-34-14-23(26)32)31-6-4-30(5-7-31)21-10-16-11-24(28-13-17(16)9-20(21)27)29-25(33)19-12-18(19)22-3-2-8-35-22/h2-3,8-11,13,18-19,23,32H,4-7,12,14-15H2,1H3,(H,28,29,33)/t18-,19-,23+,26-/m1/s1. The molecule has 4 atom stereocenters. The fourth-order valence-electron chi connectivity index (χ4n) is 5.40. The molecule has 0 spiro atoms. The van der Waals surface area contributed by atoms with Gasteiger partial charge < -0.3 is 24.5 Å². The zero-order chi connectivity index (χ0) is 24.2. The summed E-state index contributed by atoms with van der Waals surface area (Å²) >= 11 is 6.67. The molecule has 4 heterocycles. The molecule has 184 valence electrons. The Bertz CT molecular complexity index is 1240. The van der Waals surface area contributed by atoms with Gasteiger partial charge in [0, 0.05) is 49.6 Å². The van der Waals surface area contributed by atoms with E-state index >= 15 is 0 Å². The highest BCUT2D eigenvalue weighted by atomic mass is 35.5. The zero-order valence-electron chi connectivity index (χ0n) is 19.6. The summed E-state index contributed by atoms with van der Waals surface area (Å²) in [5.41, 5.74) is 0.631. The maximum absolute atomic E-state index is 12.7. The van der Waals surface area contributed by atoms with Gasteiger partial charge in [0.05, 0.1) is 41.8 Å². The van der Waals surface area contributed by atoms with Crippen LogP contribution >= 0.6 is 11.6 Å². The Labute approximate surface area is 208 Å². The maximum Gasteiger partial charge on any atom is 0.229 e.